The summed E-state index contributed by atoms with van der Waals surface area (Å²) in [5, 5.41) is 9.66. The Morgan fingerprint density at radius 2 is 1.92 bits per heavy atom. The van der Waals surface area contributed by atoms with Crippen molar-refractivity contribution >= 4 is 33.9 Å². The highest BCUT2D eigenvalue weighted by Gasteiger charge is 2.21. The van der Waals surface area contributed by atoms with E-state index in [0.717, 1.165) is 12.1 Å². The SMILES string of the molecule is CC(C)SNC1CCC(CN=C(N)SC(=N)c2ccccc2)CC1. The van der Waals surface area contributed by atoms with Gasteiger partial charge in [0.05, 0.1) is 0 Å². The second kappa shape index (κ2) is 10.1. The Kier molecular flexibility index (Phi) is 8.15. The number of rotatable bonds is 6. The molecule has 0 unspecified atom stereocenters. The molecule has 1 saturated carbocycles. The lowest BCUT2D eigenvalue weighted by Gasteiger charge is -2.28. The zero-order valence-corrected chi connectivity index (χ0v) is 16.1. The summed E-state index contributed by atoms with van der Waals surface area (Å²) in [6.07, 6.45) is 4.83. The standard InChI is InChI=1S/C18H28N4S2/c1-13(2)24-22-16-10-8-14(9-11-16)12-21-18(20)23-17(19)15-6-4-3-5-7-15/h3-7,13-14,16,19,22H,8-12H2,1-2H3,(H2,20,21). The van der Waals surface area contributed by atoms with Gasteiger partial charge < -0.3 is 5.73 Å². The van der Waals surface area contributed by atoms with Crippen molar-refractivity contribution < 1.29 is 0 Å². The lowest BCUT2D eigenvalue weighted by Crippen LogP contribution is -2.30. The summed E-state index contributed by atoms with van der Waals surface area (Å²) in [7, 11) is 0. The number of hydrogen-bond donors (Lipinski definition) is 3. The summed E-state index contributed by atoms with van der Waals surface area (Å²) >= 11 is 3.09. The second-order valence-electron chi connectivity index (χ2n) is 6.48. The number of aliphatic imine (C=N–C) groups is 1. The summed E-state index contributed by atoms with van der Waals surface area (Å²) in [6, 6.07) is 10.3. The molecule has 0 saturated heterocycles. The maximum absolute atomic E-state index is 8.08. The van der Waals surface area contributed by atoms with Crippen LogP contribution in [0.3, 0.4) is 0 Å². The lowest BCUT2D eigenvalue weighted by atomic mass is 9.86. The van der Waals surface area contributed by atoms with Crippen molar-refractivity contribution in [3.63, 3.8) is 0 Å². The number of nitrogens with one attached hydrogen (secondary N) is 2. The lowest BCUT2D eigenvalue weighted by molar-refractivity contribution is 0.323. The molecule has 1 aromatic rings. The number of hydrogen-bond acceptors (Lipinski definition) is 5. The zero-order valence-electron chi connectivity index (χ0n) is 14.5. The van der Waals surface area contributed by atoms with Gasteiger partial charge in [-0.3, -0.25) is 15.1 Å². The smallest absolute Gasteiger partial charge is 0.160 e. The van der Waals surface area contributed by atoms with Gasteiger partial charge in [0.25, 0.3) is 0 Å². The van der Waals surface area contributed by atoms with E-state index in [1.165, 1.54) is 37.4 Å². The van der Waals surface area contributed by atoms with E-state index in [1.807, 2.05) is 42.3 Å². The second-order valence-corrected chi connectivity index (χ2v) is 8.92. The van der Waals surface area contributed by atoms with Gasteiger partial charge in [0.2, 0.25) is 0 Å². The summed E-state index contributed by atoms with van der Waals surface area (Å²) in [5.74, 6) is 0.622. The van der Waals surface area contributed by atoms with Crippen molar-refractivity contribution in [3.8, 4) is 0 Å². The molecule has 6 heteroatoms. The molecule has 0 amide bonds. The van der Waals surface area contributed by atoms with Gasteiger partial charge in [-0.1, -0.05) is 56.1 Å². The van der Waals surface area contributed by atoms with Crippen LogP contribution in [0.4, 0.5) is 0 Å². The van der Waals surface area contributed by atoms with Gasteiger partial charge in [0.15, 0.2) is 5.17 Å². The first-order valence-electron chi connectivity index (χ1n) is 8.57. The molecule has 24 heavy (non-hydrogen) atoms. The summed E-state index contributed by atoms with van der Waals surface area (Å²) < 4.78 is 3.57. The van der Waals surface area contributed by atoms with Gasteiger partial charge in [-0.15, -0.1) is 0 Å². The van der Waals surface area contributed by atoms with E-state index < -0.39 is 0 Å². The van der Waals surface area contributed by atoms with Crippen molar-refractivity contribution in [1.82, 2.24) is 4.72 Å². The molecule has 2 rings (SSSR count). The molecule has 0 bridgehead atoms. The topological polar surface area (TPSA) is 74.3 Å². The van der Waals surface area contributed by atoms with Crippen LogP contribution in [0, 0.1) is 11.3 Å². The number of nitrogens with zero attached hydrogens (tertiary/aromatic N) is 1. The Hall–Kier alpha value is -0.980. The highest BCUT2D eigenvalue weighted by molar-refractivity contribution is 8.26. The fourth-order valence-corrected chi connectivity index (χ4v) is 4.00. The molecule has 0 atom stereocenters. The quantitative estimate of drug-likeness (QED) is 0.400. The van der Waals surface area contributed by atoms with Gasteiger partial charge in [0.1, 0.15) is 5.04 Å². The van der Waals surface area contributed by atoms with E-state index in [-0.39, 0.29) is 0 Å². The van der Waals surface area contributed by atoms with E-state index in [9.17, 15) is 0 Å². The van der Waals surface area contributed by atoms with Crippen LogP contribution in [0.2, 0.25) is 0 Å². The molecule has 1 aromatic carbocycles. The predicted molar refractivity (Wildman–Crippen MR) is 109 cm³/mol. The van der Waals surface area contributed by atoms with Crippen LogP contribution in [-0.2, 0) is 0 Å². The molecule has 0 aliphatic heterocycles. The Balaban J connectivity index is 1.71. The van der Waals surface area contributed by atoms with Crippen molar-refractivity contribution in [2.75, 3.05) is 6.54 Å². The molecule has 1 aliphatic rings. The average molecular weight is 365 g/mol. The summed E-state index contributed by atoms with van der Waals surface area (Å²) in [4.78, 5) is 4.50. The van der Waals surface area contributed by atoms with E-state index in [4.69, 9.17) is 11.1 Å². The van der Waals surface area contributed by atoms with Crippen LogP contribution < -0.4 is 10.5 Å². The van der Waals surface area contributed by atoms with Crippen LogP contribution in [-0.4, -0.2) is 28.0 Å². The van der Waals surface area contributed by atoms with Crippen LogP contribution >= 0.6 is 23.7 Å². The fraction of sp³-hybridized carbons (Fsp3) is 0.556. The van der Waals surface area contributed by atoms with Crippen molar-refractivity contribution in [2.45, 2.75) is 50.8 Å². The van der Waals surface area contributed by atoms with Crippen molar-refractivity contribution in [1.29, 1.82) is 5.41 Å². The van der Waals surface area contributed by atoms with E-state index in [2.05, 4.69) is 23.6 Å². The monoisotopic (exact) mass is 364 g/mol. The van der Waals surface area contributed by atoms with Crippen LogP contribution in [0.1, 0.15) is 45.1 Å². The van der Waals surface area contributed by atoms with Crippen LogP contribution in [0.5, 0.6) is 0 Å². The molecule has 1 aliphatic carbocycles. The molecule has 0 radical (unpaired) electrons. The molecule has 0 heterocycles. The largest absolute Gasteiger partial charge is 0.378 e. The molecular weight excluding hydrogens is 336 g/mol. The number of nitrogens with two attached hydrogens (primary N) is 1. The third-order valence-electron chi connectivity index (χ3n) is 4.07. The van der Waals surface area contributed by atoms with Crippen LogP contribution in [0.15, 0.2) is 35.3 Å². The molecule has 0 spiro atoms. The average Bonchev–Trinajstić information content (AvgIpc) is 2.59. The highest BCUT2D eigenvalue weighted by Crippen LogP contribution is 2.26. The Morgan fingerprint density at radius 3 is 2.54 bits per heavy atom. The van der Waals surface area contributed by atoms with Gasteiger partial charge >= 0.3 is 0 Å². The minimum Gasteiger partial charge on any atom is -0.378 e. The van der Waals surface area contributed by atoms with Gasteiger partial charge in [-0.2, -0.15) is 0 Å². The van der Waals surface area contributed by atoms with E-state index in [1.54, 1.807) is 0 Å². The first-order chi connectivity index (χ1) is 11.5. The minimum atomic E-state index is 0.454. The molecule has 4 nitrogen and oxygen atoms in total. The van der Waals surface area contributed by atoms with E-state index >= 15 is 0 Å². The molecule has 4 N–H and O–H groups in total. The molecular formula is C18H28N4S2. The summed E-state index contributed by atoms with van der Waals surface area (Å²) in [5.41, 5.74) is 6.88. The third kappa shape index (κ3) is 6.87. The molecule has 132 valence electrons. The predicted octanol–water partition coefficient (Wildman–Crippen LogP) is 4.26. The Morgan fingerprint density at radius 1 is 1.25 bits per heavy atom. The highest BCUT2D eigenvalue weighted by atomic mass is 32.2. The number of thioether (sulfide) groups is 1. The van der Waals surface area contributed by atoms with Gasteiger partial charge in [-0.05, 0) is 43.4 Å². The molecule has 0 aromatic heterocycles. The zero-order chi connectivity index (χ0) is 17.4. The number of benzene rings is 1. The minimum absolute atomic E-state index is 0.454. The Bertz CT molecular complexity index is 537. The summed E-state index contributed by atoms with van der Waals surface area (Å²) in [6.45, 7) is 5.21. The van der Waals surface area contributed by atoms with Gasteiger partial charge in [-0.25, -0.2) is 0 Å². The molecule has 1 fully saturated rings. The van der Waals surface area contributed by atoms with Crippen molar-refractivity contribution in [2.24, 2.45) is 16.6 Å². The van der Waals surface area contributed by atoms with E-state index in [0.29, 0.717) is 27.4 Å². The van der Waals surface area contributed by atoms with Gasteiger partial charge in [0, 0.05) is 23.4 Å². The maximum Gasteiger partial charge on any atom is 0.160 e. The Labute approximate surface area is 154 Å². The first kappa shape index (κ1) is 19.3. The number of amidine groups is 1. The van der Waals surface area contributed by atoms with Crippen LogP contribution in [0.25, 0.3) is 0 Å². The first-order valence-corrected chi connectivity index (χ1v) is 10.3. The fourth-order valence-electron chi connectivity index (χ4n) is 2.70. The normalized spacial score (nSPS) is 21.9. The third-order valence-corrected chi connectivity index (χ3v) is 5.78. The maximum atomic E-state index is 8.08. The van der Waals surface area contributed by atoms with Crippen molar-refractivity contribution in [3.05, 3.63) is 35.9 Å².